The molecule has 6 nitrogen and oxygen atoms in total. The van der Waals surface area contributed by atoms with Crippen molar-refractivity contribution in [3.8, 4) is 17.0 Å². The zero-order chi connectivity index (χ0) is 22.0. The molecule has 1 saturated carbocycles. The van der Waals surface area contributed by atoms with Crippen LogP contribution in [0.2, 0.25) is 0 Å². The summed E-state index contributed by atoms with van der Waals surface area (Å²) in [6.07, 6.45) is 1.61. The van der Waals surface area contributed by atoms with Crippen molar-refractivity contribution >= 4 is 17.6 Å². The Labute approximate surface area is 183 Å². The second-order valence-corrected chi connectivity index (χ2v) is 7.79. The van der Waals surface area contributed by atoms with E-state index in [0.717, 1.165) is 41.0 Å². The first kappa shape index (κ1) is 20.6. The number of hydrogen-bond donors (Lipinski definition) is 2. The first-order valence-corrected chi connectivity index (χ1v) is 10.2. The second-order valence-electron chi connectivity index (χ2n) is 7.79. The summed E-state index contributed by atoms with van der Waals surface area (Å²) < 4.78 is 5.22. The van der Waals surface area contributed by atoms with Gasteiger partial charge in [-0.1, -0.05) is 30.3 Å². The predicted molar refractivity (Wildman–Crippen MR) is 122 cm³/mol. The van der Waals surface area contributed by atoms with Crippen LogP contribution in [0, 0.1) is 6.92 Å². The molecule has 160 valence electrons. The average molecular weight is 418 g/mol. The molecule has 1 aromatic heterocycles. The number of rotatable bonds is 6. The lowest BCUT2D eigenvalue weighted by Gasteiger charge is -2.17. The molecule has 4 rings (SSSR count). The summed E-state index contributed by atoms with van der Waals surface area (Å²) in [4.78, 5) is 29.8. The Kier molecular flexibility index (Phi) is 5.46. The summed E-state index contributed by atoms with van der Waals surface area (Å²) in [7, 11) is 3.23. The highest BCUT2D eigenvalue weighted by Gasteiger charge is 2.51. The Morgan fingerprint density at radius 3 is 2.45 bits per heavy atom. The monoisotopic (exact) mass is 417 g/mol. The van der Waals surface area contributed by atoms with Crippen LogP contribution in [-0.2, 0) is 10.2 Å². The average Bonchev–Trinajstić information content (AvgIpc) is 3.62. The van der Waals surface area contributed by atoms with E-state index < -0.39 is 5.41 Å². The topological polar surface area (TPSA) is 80.3 Å². The SMILES string of the molecule is CNC(=O)c1cccc(-c2nc(NC(=O)C3(c4ccc(OC)cc4)CC3)ccc2C)c1.[HH]. The molecule has 6 heteroatoms. The normalized spacial score (nSPS) is 13.9. The number of aromatic nitrogens is 1. The third kappa shape index (κ3) is 4.01. The molecular formula is C25H27N3O3. The van der Waals surface area contributed by atoms with Gasteiger partial charge in [-0.05, 0) is 61.2 Å². The van der Waals surface area contributed by atoms with E-state index in [1.165, 1.54) is 0 Å². The molecule has 2 aromatic carbocycles. The van der Waals surface area contributed by atoms with E-state index >= 15 is 0 Å². The Morgan fingerprint density at radius 1 is 1.06 bits per heavy atom. The first-order valence-electron chi connectivity index (χ1n) is 10.2. The highest BCUT2D eigenvalue weighted by molar-refractivity contribution is 6.01. The van der Waals surface area contributed by atoms with E-state index in [-0.39, 0.29) is 13.2 Å². The number of carbonyl (C=O) groups is 2. The summed E-state index contributed by atoms with van der Waals surface area (Å²) in [6, 6.07) is 18.7. The van der Waals surface area contributed by atoms with Crippen LogP contribution in [0.25, 0.3) is 11.3 Å². The van der Waals surface area contributed by atoms with Gasteiger partial charge in [0.1, 0.15) is 11.6 Å². The summed E-state index contributed by atoms with van der Waals surface area (Å²) >= 11 is 0. The molecule has 2 amide bonds. The molecule has 1 aliphatic carbocycles. The lowest BCUT2D eigenvalue weighted by Crippen LogP contribution is -2.28. The molecule has 0 aliphatic heterocycles. The molecule has 3 aromatic rings. The van der Waals surface area contributed by atoms with Gasteiger partial charge in [-0.3, -0.25) is 9.59 Å². The summed E-state index contributed by atoms with van der Waals surface area (Å²) in [5.74, 6) is 1.05. The third-order valence-electron chi connectivity index (χ3n) is 5.79. The molecular weight excluding hydrogens is 390 g/mol. The molecule has 0 radical (unpaired) electrons. The van der Waals surface area contributed by atoms with E-state index in [4.69, 9.17) is 4.74 Å². The van der Waals surface area contributed by atoms with Crippen molar-refractivity contribution in [2.24, 2.45) is 0 Å². The zero-order valence-electron chi connectivity index (χ0n) is 17.9. The second kappa shape index (κ2) is 8.22. The summed E-state index contributed by atoms with van der Waals surface area (Å²) in [5, 5.41) is 5.63. The largest absolute Gasteiger partial charge is 0.497 e. The fraction of sp³-hybridized carbons (Fsp3) is 0.240. The number of pyridine rings is 1. The van der Waals surface area contributed by atoms with Gasteiger partial charge >= 0.3 is 0 Å². The Hall–Kier alpha value is -3.67. The number of hydrogen-bond acceptors (Lipinski definition) is 4. The van der Waals surface area contributed by atoms with Gasteiger partial charge in [-0.25, -0.2) is 4.98 Å². The van der Waals surface area contributed by atoms with Crippen LogP contribution in [-0.4, -0.2) is 31.0 Å². The Bertz CT molecular complexity index is 1140. The Morgan fingerprint density at radius 2 is 1.81 bits per heavy atom. The maximum Gasteiger partial charge on any atom is 0.251 e. The van der Waals surface area contributed by atoms with Gasteiger partial charge in [0.05, 0.1) is 18.2 Å². The van der Waals surface area contributed by atoms with Crippen molar-refractivity contribution in [3.05, 3.63) is 77.4 Å². The predicted octanol–water partition coefficient (Wildman–Crippen LogP) is 4.34. The molecule has 0 saturated heterocycles. The fourth-order valence-corrected chi connectivity index (χ4v) is 3.76. The molecule has 2 N–H and O–H groups in total. The number of amides is 2. The van der Waals surface area contributed by atoms with Crippen LogP contribution < -0.4 is 15.4 Å². The fourth-order valence-electron chi connectivity index (χ4n) is 3.76. The first-order chi connectivity index (χ1) is 15.0. The number of benzene rings is 2. The Balaban J connectivity index is 0.00000289. The van der Waals surface area contributed by atoms with E-state index in [2.05, 4.69) is 15.6 Å². The van der Waals surface area contributed by atoms with Gasteiger partial charge in [0.2, 0.25) is 5.91 Å². The zero-order valence-corrected chi connectivity index (χ0v) is 17.9. The van der Waals surface area contributed by atoms with Crippen molar-refractivity contribution < 1.29 is 15.8 Å². The molecule has 1 heterocycles. The highest BCUT2D eigenvalue weighted by Crippen LogP contribution is 2.49. The minimum atomic E-state index is -0.516. The van der Waals surface area contributed by atoms with Crippen LogP contribution in [0.5, 0.6) is 5.75 Å². The van der Waals surface area contributed by atoms with Crippen molar-refractivity contribution in [1.82, 2.24) is 10.3 Å². The molecule has 31 heavy (non-hydrogen) atoms. The lowest BCUT2D eigenvalue weighted by molar-refractivity contribution is -0.118. The van der Waals surface area contributed by atoms with Crippen molar-refractivity contribution in [3.63, 3.8) is 0 Å². The van der Waals surface area contributed by atoms with Gasteiger partial charge in [0.15, 0.2) is 0 Å². The third-order valence-corrected chi connectivity index (χ3v) is 5.79. The number of aryl methyl sites for hydroxylation is 1. The molecule has 1 fully saturated rings. The lowest BCUT2D eigenvalue weighted by atomic mass is 9.95. The quantitative estimate of drug-likeness (QED) is 0.625. The smallest absolute Gasteiger partial charge is 0.251 e. The molecule has 0 atom stereocenters. The van der Waals surface area contributed by atoms with E-state index in [9.17, 15) is 9.59 Å². The highest BCUT2D eigenvalue weighted by atomic mass is 16.5. The van der Waals surface area contributed by atoms with Gasteiger partial charge in [0, 0.05) is 19.6 Å². The molecule has 0 spiro atoms. The van der Waals surface area contributed by atoms with Crippen molar-refractivity contribution in [1.29, 1.82) is 0 Å². The van der Waals surface area contributed by atoms with Crippen molar-refractivity contribution in [2.75, 3.05) is 19.5 Å². The van der Waals surface area contributed by atoms with Gasteiger partial charge in [-0.2, -0.15) is 0 Å². The standard InChI is InChI=1S/C25H25N3O3.H2/c1-16-7-12-21(27-22(16)17-5-4-6-18(15-17)23(29)26-2)28-24(30)25(13-14-25)19-8-10-20(31-3)11-9-19;/h4-12,15H,13-14H2,1-3H3,(H,26,29)(H,27,28,30);1H. The van der Waals surface area contributed by atoms with E-state index in [1.807, 2.05) is 55.5 Å². The van der Waals surface area contributed by atoms with Crippen LogP contribution >= 0.6 is 0 Å². The van der Waals surface area contributed by atoms with E-state index in [0.29, 0.717) is 11.4 Å². The minimum Gasteiger partial charge on any atom is -0.497 e. The van der Waals surface area contributed by atoms with Gasteiger partial charge < -0.3 is 15.4 Å². The number of methoxy groups -OCH3 is 1. The summed E-state index contributed by atoms with van der Waals surface area (Å²) in [6.45, 7) is 1.96. The number of nitrogens with zero attached hydrogens (tertiary/aromatic N) is 1. The number of carbonyl (C=O) groups excluding carboxylic acids is 2. The molecule has 0 unspecified atom stereocenters. The van der Waals surface area contributed by atoms with Crippen LogP contribution in [0.15, 0.2) is 60.7 Å². The number of nitrogens with one attached hydrogen (secondary N) is 2. The maximum absolute atomic E-state index is 13.1. The molecule has 0 bridgehead atoms. The van der Waals surface area contributed by atoms with Gasteiger partial charge in [0.25, 0.3) is 5.91 Å². The number of anilines is 1. The van der Waals surface area contributed by atoms with Crippen molar-refractivity contribution in [2.45, 2.75) is 25.2 Å². The van der Waals surface area contributed by atoms with E-state index in [1.54, 1.807) is 26.3 Å². The number of ether oxygens (including phenoxy) is 1. The summed E-state index contributed by atoms with van der Waals surface area (Å²) in [5.41, 5.74) is 3.55. The van der Waals surface area contributed by atoms with Crippen LogP contribution in [0.1, 0.15) is 35.8 Å². The van der Waals surface area contributed by atoms with Gasteiger partial charge in [-0.15, -0.1) is 0 Å². The minimum absolute atomic E-state index is 0. The van der Waals surface area contributed by atoms with Crippen LogP contribution in [0.4, 0.5) is 5.82 Å². The maximum atomic E-state index is 13.1. The molecule has 1 aliphatic rings. The van der Waals surface area contributed by atoms with Crippen LogP contribution in [0.3, 0.4) is 0 Å².